The van der Waals surface area contributed by atoms with Crippen LogP contribution in [-0.2, 0) is 11.8 Å². The Bertz CT molecular complexity index is 907. The summed E-state index contributed by atoms with van der Waals surface area (Å²) < 4.78 is 1.91. The molecule has 5 rings (SSSR count). The summed E-state index contributed by atoms with van der Waals surface area (Å²) in [4.78, 5) is 39.1. The number of imidazole rings is 1. The van der Waals surface area contributed by atoms with Gasteiger partial charge in [0.25, 0.3) is 5.91 Å². The van der Waals surface area contributed by atoms with Crippen LogP contribution in [0.25, 0.3) is 0 Å². The highest BCUT2D eigenvalue weighted by Gasteiger charge is 2.59. The van der Waals surface area contributed by atoms with E-state index in [2.05, 4.69) is 9.97 Å². The van der Waals surface area contributed by atoms with Crippen LogP contribution in [0.5, 0.6) is 0 Å². The topological polar surface area (TPSA) is 71.3 Å². The zero-order valence-electron chi connectivity index (χ0n) is 16.1. The molecule has 7 nitrogen and oxygen atoms in total. The molecule has 3 fully saturated rings. The Balaban J connectivity index is 1.47. The van der Waals surface area contributed by atoms with Crippen LogP contribution >= 0.6 is 0 Å². The third kappa shape index (κ3) is 2.80. The maximum atomic E-state index is 13.5. The van der Waals surface area contributed by atoms with E-state index in [9.17, 15) is 9.59 Å². The molecule has 1 aliphatic carbocycles. The van der Waals surface area contributed by atoms with E-state index in [4.69, 9.17) is 0 Å². The second-order valence-corrected chi connectivity index (χ2v) is 8.54. The number of amides is 2. The molecule has 2 aromatic heterocycles. The van der Waals surface area contributed by atoms with Crippen LogP contribution in [0.4, 0.5) is 0 Å². The monoisotopic (exact) mass is 379 g/mol. The van der Waals surface area contributed by atoms with Crippen molar-refractivity contribution in [2.24, 2.45) is 18.4 Å². The maximum Gasteiger partial charge on any atom is 0.254 e. The van der Waals surface area contributed by atoms with Gasteiger partial charge in [0.1, 0.15) is 0 Å². The van der Waals surface area contributed by atoms with E-state index in [0.717, 1.165) is 25.2 Å². The fraction of sp³-hybridized carbons (Fsp3) is 0.524. The first kappa shape index (κ1) is 17.4. The van der Waals surface area contributed by atoms with E-state index in [1.165, 1.54) is 12.8 Å². The number of nitrogens with zero attached hydrogens (tertiary/aromatic N) is 5. The van der Waals surface area contributed by atoms with Crippen LogP contribution in [0, 0.1) is 11.3 Å². The molecule has 7 heteroatoms. The molecule has 1 spiro atoms. The lowest BCUT2D eigenvalue weighted by Crippen LogP contribution is -2.41. The number of hydrogen-bond donors (Lipinski definition) is 0. The lowest BCUT2D eigenvalue weighted by molar-refractivity contribution is -0.136. The average molecular weight is 379 g/mol. The lowest BCUT2D eigenvalue weighted by Gasteiger charge is -2.27. The Kier molecular flexibility index (Phi) is 4.00. The zero-order valence-corrected chi connectivity index (χ0v) is 16.1. The van der Waals surface area contributed by atoms with Crippen LogP contribution in [0.3, 0.4) is 0 Å². The molecule has 28 heavy (non-hydrogen) atoms. The van der Waals surface area contributed by atoms with E-state index >= 15 is 0 Å². The molecule has 0 aromatic carbocycles. The van der Waals surface area contributed by atoms with E-state index in [1.54, 1.807) is 30.9 Å². The fourth-order valence-electron chi connectivity index (χ4n) is 4.85. The number of pyridine rings is 1. The molecule has 2 aliphatic heterocycles. The van der Waals surface area contributed by atoms with Crippen molar-refractivity contribution in [1.29, 1.82) is 0 Å². The molecule has 0 bridgehead atoms. The van der Waals surface area contributed by atoms with Crippen molar-refractivity contribution in [3.8, 4) is 0 Å². The van der Waals surface area contributed by atoms with Crippen molar-refractivity contribution in [2.75, 3.05) is 26.2 Å². The number of aromatic nitrogens is 3. The molecule has 0 unspecified atom stereocenters. The first-order valence-electron chi connectivity index (χ1n) is 10.0. The highest BCUT2D eigenvalue weighted by Crippen LogP contribution is 2.50. The van der Waals surface area contributed by atoms with Gasteiger partial charge in [0, 0.05) is 63.3 Å². The SMILES string of the molecule is Cn1cnc([C@@H]2CN(C(=O)c3ccncc3)C[C@@]23CCN(CC2CC2)C3=O)c1. The minimum Gasteiger partial charge on any atom is -0.342 e. The van der Waals surface area contributed by atoms with Gasteiger partial charge in [0.15, 0.2) is 0 Å². The number of rotatable bonds is 4. The van der Waals surface area contributed by atoms with Gasteiger partial charge in [0.2, 0.25) is 5.91 Å². The number of likely N-dealkylation sites (tertiary alicyclic amines) is 2. The summed E-state index contributed by atoms with van der Waals surface area (Å²) in [5, 5.41) is 0. The predicted molar refractivity (Wildman–Crippen MR) is 102 cm³/mol. The van der Waals surface area contributed by atoms with Gasteiger partial charge in [-0.15, -0.1) is 0 Å². The standard InChI is InChI=1S/C21H25N5O2/c1-24-12-18(23-14-24)17-11-26(19(27)16-4-7-22-8-5-16)13-21(17)6-9-25(20(21)28)10-15-2-3-15/h4-5,7-8,12,14-15,17H,2-3,6,9-11,13H2,1H3/t17-,21-/m0/s1. The lowest BCUT2D eigenvalue weighted by atomic mass is 9.75. The van der Waals surface area contributed by atoms with Gasteiger partial charge in [0.05, 0.1) is 17.4 Å². The molecule has 0 radical (unpaired) electrons. The largest absolute Gasteiger partial charge is 0.342 e. The first-order valence-corrected chi connectivity index (χ1v) is 10.0. The summed E-state index contributed by atoms with van der Waals surface area (Å²) in [7, 11) is 1.94. The van der Waals surface area contributed by atoms with Crippen LogP contribution in [0.2, 0.25) is 0 Å². The van der Waals surface area contributed by atoms with Crippen LogP contribution in [0.15, 0.2) is 37.1 Å². The molecular weight excluding hydrogens is 354 g/mol. The Hall–Kier alpha value is -2.70. The number of hydrogen-bond acceptors (Lipinski definition) is 4. The molecule has 2 saturated heterocycles. The highest BCUT2D eigenvalue weighted by atomic mass is 16.2. The molecule has 146 valence electrons. The average Bonchev–Trinajstić information content (AvgIpc) is 3.16. The quantitative estimate of drug-likeness (QED) is 0.810. The van der Waals surface area contributed by atoms with Gasteiger partial charge in [-0.25, -0.2) is 4.98 Å². The molecule has 3 aliphatic rings. The summed E-state index contributed by atoms with van der Waals surface area (Å²) in [6.45, 7) is 2.65. The summed E-state index contributed by atoms with van der Waals surface area (Å²) in [5.74, 6) is 0.785. The Morgan fingerprint density at radius 2 is 2.07 bits per heavy atom. The second kappa shape index (κ2) is 6.43. The highest BCUT2D eigenvalue weighted by molar-refractivity contribution is 5.96. The van der Waals surface area contributed by atoms with Gasteiger partial charge in [-0.05, 0) is 37.3 Å². The van der Waals surface area contributed by atoms with Crippen molar-refractivity contribution in [3.05, 3.63) is 48.3 Å². The Morgan fingerprint density at radius 3 is 2.75 bits per heavy atom. The smallest absolute Gasteiger partial charge is 0.254 e. The summed E-state index contributed by atoms with van der Waals surface area (Å²) in [6.07, 6.45) is 10.3. The van der Waals surface area contributed by atoms with Crippen molar-refractivity contribution in [2.45, 2.75) is 25.2 Å². The van der Waals surface area contributed by atoms with Gasteiger partial charge in [-0.3, -0.25) is 14.6 Å². The Morgan fingerprint density at radius 1 is 1.29 bits per heavy atom. The van der Waals surface area contributed by atoms with Gasteiger partial charge in [-0.2, -0.15) is 0 Å². The minimum atomic E-state index is -0.550. The summed E-state index contributed by atoms with van der Waals surface area (Å²) in [6, 6.07) is 3.47. The zero-order chi connectivity index (χ0) is 19.3. The van der Waals surface area contributed by atoms with Crippen LogP contribution < -0.4 is 0 Å². The van der Waals surface area contributed by atoms with Gasteiger partial charge >= 0.3 is 0 Å². The second-order valence-electron chi connectivity index (χ2n) is 8.54. The third-order valence-corrected chi connectivity index (χ3v) is 6.56. The van der Waals surface area contributed by atoms with Gasteiger partial charge < -0.3 is 14.4 Å². The normalized spacial score (nSPS) is 27.2. The number of carbonyl (C=O) groups excluding carboxylic acids is 2. The molecular formula is C21H25N5O2. The van der Waals surface area contributed by atoms with Crippen molar-refractivity contribution in [3.63, 3.8) is 0 Å². The third-order valence-electron chi connectivity index (χ3n) is 6.56. The predicted octanol–water partition coefficient (Wildman–Crippen LogP) is 1.68. The van der Waals surface area contributed by atoms with E-state index in [1.807, 2.05) is 27.6 Å². The molecule has 2 amide bonds. The van der Waals surface area contributed by atoms with Crippen molar-refractivity contribution in [1.82, 2.24) is 24.3 Å². The maximum absolute atomic E-state index is 13.5. The molecule has 2 atom stereocenters. The summed E-state index contributed by atoms with van der Waals surface area (Å²) in [5.41, 5.74) is 0.979. The van der Waals surface area contributed by atoms with Crippen LogP contribution in [0.1, 0.15) is 41.2 Å². The molecule has 0 N–H and O–H groups in total. The molecule has 1 saturated carbocycles. The number of aryl methyl sites for hydroxylation is 1. The van der Waals surface area contributed by atoms with Crippen LogP contribution in [-0.4, -0.2) is 62.3 Å². The molecule has 4 heterocycles. The van der Waals surface area contributed by atoms with E-state index in [-0.39, 0.29) is 17.7 Å². The number of carbonyl (C=O) groups is 2. The first-order chi connectivity index (χ1) is 13.6. The van der Waals surface area contributed by atoms with E-state index in [0.29, 0.717) is 24.6 Å². The fourth-order valence-corrected chi connectivity index (χ4v) is 4.85. The molecule has 2 aromatic rings. The summed E-state index contributed by atoms with van der Waals surface area (Å²) >= 11 is 0. The van der Waals surface area contributed by atoms with Crippen molar-refractivity contribution < 1.29 is 9.59 Å². The van der Waals surface area contributed by atoms with Crippen molar-refractivity contribution >= 4 is 11.8 Å². The Labute approximate surface area is 164 Å². The van der Waals surface area contributed by atoms with Gasteiger partial charge in [-0.1, -0.05) is 0 Å². The minimum absolute atomic E-state index is 0.0337. The van der Waals surface area contributed by atoms with E-state index < -0.39 is 5.41 Å².